The number of carbonyl (C=O) groups is 2. The second kappa shape index (κ2) is 9.05. The van der Waals surface area contributed by atoms with E-state index in [9.17, 15) is 9.59 Å². The predicted octanol–water partition coefficient (Wildman–Crippen LogP) is 3.14. The highest BCUT2D eigenvalue weighted by Gasteiger charge is 2.19. The number of aromatic nitrogens is 2. The van der Waals surface area contributed by atoms with E-state index in [0.29, 0.717) is 30.2 Å². The lowest BCUT2D eigenvalue weighted by molar-refractivity contribution is -0.122. The summed E-state index contributed by atoms with van der Waals surface area (Å²) in [4.78, 5) is 31.5. The standard InChI is InChI=1S/C24H26N4O4/c1-14(23(29)25-11-10-15-13-26-18-7-5-4-6-16(15)18)27-24(30)20-12-17-19(28-20)8-9-21(31-2)22(17)32-3/h4-9,12-14,26,28H,10-11H2,1-3H3,(H,25,29)(H,27,30)/t14-/m0/s1. The van der Waals surface area contributed by atoms with Crippen molar-refractivity contribution < 1.29 is 19.1 Å². The van der Waals surface area contributed by atoms with E-state index in [1.54, 1.807) is 33.3 Å². The lowest BCUT2D eigenvalue weighted by Crippen LogP contribution is -2.45. The minimum Gasteiger partial charge on any atom is -0.493 e. The van der Waals surface area contributed by atoms with Crippen LogP contribution in [0.5, 0.6) is 11.5 Å². The average molecular weight is 434 g/mol. The number of nitrogens with one attached hydrogen (secondary N) is 4. The van der Waals surface area contributed by atoms with Gasteiger partial charge in [0.15, 0.2) is 11.5 Å². The minimum atomic E-state index is -0.687. The van der Waals surface area contributed by atoms with Crippen LogP contribution in [0.4, 0.5) is 0 Å². The minimum absolute atomic E-state index is 0.242. The van der Waals surface area contributed by atoms with Gasteiger partial charge >= 0.3 is 0 Å². The van der Waals surface area contributed by atoms with Gasteiger partial charge in [-0.2, -0.15) is 0 Å². The number of amides is 2. The Kier molecular flexibility index (Phi) is 6.02. The van der Waals surface area contributed by atoms with E-state index in [1.807, 2.05) is 30.5 Å². The number of methoxy groups -OCH3 is 2. The number of H-pyrrole nitrogens is 2. The quantitative estimate of drug-likeness (QED) is 0.342. The van der Waals surface area contributed by atoms with Crippen molar-refractivity contribution in [1.29, 1.82) is 0 Å². The zero-order chi connectivity index (χ0) is 22.7. The maximum absolute atomic E-state index is 12.7. The van der Waals surface area contributed by atoms with Crippen molar-refractivity contribution in [2.75, 3.05) is 20.8 Å². The molecule has 8 heteroatoms. The molecule has 0 saturated carbocycles. The van der Waals surface area contributed by atoms with Crippen LogP contribution in [0, 0.1) is 0 Å². The summed E-state index contributed by atoms with van der Waals surface area (Å²) in [7, 11) is 3.11. The third-order valence-electron chi connectivity index (χ3n) is 5.50. The Balaban J connectivity index is 1.36. The van der Waals surface area contributed by atoms with Crippen LogP contribution in [0.25, 0.3) is 21.8 Å². The van der Waals surface area contributed by atoms with E-state index in [1.165, 1.54) is 0 Å². The van der Waals surface area contributed by atoms with Gasteiger partial charge in [0.2, 0.25) is 5.91 Å². The fourth-order valence-electron chi connectivity index (χ4n) is 3.80. The monoisotopic (exact) mass is 434 g/mol. The van der Waals surface area contributed by atoms with E-state index in [-0.39, 0.29) is 11.8 Å². The third-order valence-corrected chi connectivity index (χ3v) is 5.50. The lowest BCUT2D eigenvalue weighted by atomic mass is 10.1. The van der Waals surface area contributed by atoms with Crippen molar-refractivity contribution in [3.8, 4) is 11.5 Å². The Morgan fingerprint density at radius 2 is 1.84 bits per heavy atom. The molecule has 0 fully saturated rings. The fourth-order valence-corrected chi connectivity index (χ4v) is 3.80. The van der Waals surface area contributed by atoms with Crippen molar-refractivity contribution in [1.82, 2.24) is 20.6 Å². The number of carbonyl (C=O) groups excluding carboxylic acids is 2. The summed E-state index contributed by atoms with van der Waals surface area (Å²) >= 11 is 0. The van der Waals surface area contributed by atoms with Crippen LogP contribution < -0.4 is 20.1 Å². The van der Waals surface area contributed by atoms with Gasteiger partial charge in [0.05, 0.1) is 19.7 Å². The molecule has 0 aliphatic carbocycles. The Morgan fingerprint density at radius 3 is 2.62 bits per heavy atom. The van der Waals surface area contributed by atoms with Crippen LogP contribution in [-0.2, 0) is 11.2 Å². The van der Waals surface area contributed by atoms with Crippen LogP contribution in [-0.4, -0.2) is 48.6 Å². The van der Waals surface area contributed by atoms with Crippen molar-refractivity contribution in [3.63, 3.8) is 0 Å². The molecule has 0 bridgehead atoms. The Hall–Kier alpha value is -3.94. The van der Waals surface area contributed by atoms with Gasteiger partial charge in [0.1, 0.15) is 11.7 Å². The highest BCUT2D eigenvalue weighted by atomic mass is 16.5. The highest BCUT2D eigenvalue weighted by molar-refractivity contribution is 6.02. The van der Waals surface area contributed by atoms with Gasteiger partial charge in [0, 0.05) is 29.0 Å². The molecule has 0 aliphatic heterocycles. The van der Waals surface area contributed by atoms with Crippen LogP contribution in [0.2, 0.25) is 0 Å². The molecule has 4 aromatic rings. The number of benzene rings is 2. The zero-order valence-corrected chi connectivity index (χ0v) is 18.2. The van der Waals surface area contributed by atoms with Gasteiger partial charge < -0.3 is 30.1 Å². The molecule has 2 amide bonds. The first kappa shape index (κ1) is 21.3. The molecule has 2 heterocycles. The van der Waals surface area contributed by atoms with Crippen LogP contribution in [0.3, 0.4) is 0 Å². The molecule has 0 aliphatic rings. The highest BCUT2D eigenvalue weighted by Crippen LogP contribution is 2.35. The van der Waals surface area contributed by atoms with Crippen LogP contribution in [0.15, 0.2) is 48.7 Å². The molecular formula is C24H26N4O4. The number of para-hydroxylation sites is 1. The molecule has 2 aromatic carbocycles. The molecule has 0 saturated heterocycles. The number of hydrogen-bond acceptors (Lipinski definition) is 4. The van der Waals surface area contributed by atoms with Gasteiger partial charge in [-0.05, 0) is 43.2 Å². The third kappa shape index (κ3) is 4.12. The number of fused-ring (bicyclic) bond motifs is 2. The average Bonchev–Trinajstić information content (AvgIpc) is 3.42. The molecule has 166 valence electrons. The zero-order valence-electron chi connectivity index (χ0n) is 18.2. The van der Waals surface area contributed by atoms with Crippen molar-refractivity contribution in [2.45, 2.75) is 19.4 Å². The second-order valence-electron chi connectivity index (χ2n) is 7.54. The van der Waals surface area contributed by atoms with E-state index < -0.39 is 6.04 Å². The van der Waals surface area contributed by atoms with Gasteiger partial charge in [-0.3, -0.25) is 9.59 Å². The first-order valence-electron chi connectivity index (χ1n) is 10.4. The van der Waals surface area contributed by atoms with E-state index >= 15 is 0 Å². The summed E-state index contributed by atoms with van der Waals surface area (Å²) in [6.07, 6.45) is 2.65. The van der Waals surface area contributed by atoms with Gasteiger partial charge in [-0.1, -0.05) is 18.2 Å². The summed E-state index contributed by atoms with van der Waals surface area (Å²) in [6.45, 7) is 2.13. The fraction of sp³-hybridized carbons (Fsp3) is 0.250. The SMILES string of the molecule is COc1ccc2[nH]c(C(=O)N[C@@H](C)C(=O)NCCc3c[nH]c4ccccc34)cc2c1OC. The van der Waals surface area contributed by atoms with Crippen molar-refractivity contribution in [2.24, 2.45) is 0 Å². The maximum Gasteiger partial charge on any atom is 0.268 e. The predicted molar refractivity (Wildman–Crippen MR) is 123 cm³/mol. The Morgan fingerprint density at radius 1 is 1.03 bits per heavy atom. The maximum atomic E-state index is 12.7. The molecule has 4 N–H and O–H groups in total. The molecule has 0 spiro atoms. The number of hydrogen-bond donors (Lipinski definition) is 4. The molecule has 0 radical (unpaired) electrons. The van der Waals surface area contributed by atoms with Crippen LogP contribution >= 0.6 is 0 Å². The normalized spacial score (nSPS) is 12.0. The van der Waals surface area contributed by atoms with Crippen molar-refractivity contribution in [3.05, 3.63) is 59.9 Å². The second-order valence-corrected chi connectivity index (χ2v) is 7.54. The van der Waals surface area contributed by atoms with E-state index in [4.69, 9.17) is 9.47 Å². The largest absolute Gasteiger partial charge is 0.493 e. The summed E-state index contributed by atoms with van der Waals surface area (Å²) in [5.41, 5.74) is 3.29. The van der Waals surface area contributed by atoms with E-state index in [0.717, 1.165) is 27.4 Å². The molecule has 1 atom stereocenters. The Bertz CT molecular complexity index is 1270. The van der Waals surface area contributed by atoms with Gasteiger partial charge in [0.25, 0.3) is 5.91 Å². The smallest absolute Gasteiger partial charge is 0.268 e. The first-order valence-corrected chi connectivity index (χ1v) is 10.4. The molecule has 4 rings (SSSR count). The Labute approximate surface area is 185 Å². The molecular weight excluding hydrogens is 408 g/mol. The molecule has 2 aromatic heterocycles. The topological polar surface area (TPSA) is 108 Å². The molecule has 8 nitrogen and oxygen atoms in total. The summed E-state index contributed by atoms with van der Waals surface area (Å²) in [5.74, 6) is 0.507. The van der Waals surface area contributed by atoms with Gasteiger partial charge in [-0.15, -0.1) is 0 Å². The summed E-state index contributed by atoms with van der Waals surface area (Å²) in [6, 6.07) is 12.6. The summed E-state index contributed by atoms with van der Waals surface area (Å²) < 4.78 is 10.7. The number of ether oxygens (including phenoxy) is 2. The first-order chi connectivity index (χ1) is 15.5. The lowest BCUT2D eigenvalue weighted by Gasteiger charge is -2.13. The number of rotatable bonds is 8. The van der Waals surface area contributed by atoms with Crippen LogP contribution in [0.1, 0.15) is 23.0 Å². The van der Waals surface area contributed by atoms with Crippen molar-refractivity contribution >= 4 is 33.6 Å². The summed E-state index contributed by atoms with van der Waals surface area (Å²) in [5, 5.41) is 7.50. The number of aromatic amines is 2. The molecule has 0 unspecified atom stereocenters. The molecule has 32 heavy (non-hydrogen) atoms. The van der Waals surface area contributed by atoms with E-state index in [2.05, 4.69) is 26.7 Å². The van der Waals surface area contributed by atoms with Gasteiger partial charge in [-0.25, -0.2) is 0 Å².